The minimum absolute atomic E-state index is 0.181. The van der Waals surface area contributed by atoms with Crippen LogP contribution in [0.25, 0.3) is 0 Å². The van der Waals surface area contributed by atoms with E-state index in [1.54, 1.807) is 0 Å². The lowest BCUT2D eigenvalue weighted by Crippen LogP contribution is -2.16. The highest BCUT2D eigenvalue weighted by molar-refractivity contribution is 5.29. The van der Waals surface area contributed by atoms with Crippen molar-refractivity contribution in [2.45, 2.75) is 40.5 Å². The summed E-state index contributed by atoms with van der Waals surface area (Å²) in [7, 11) is 0. The second-order valence-corrected chi connectivity index (χ2v) is 3.90. The third-order valence-electron chi connectivity index (χ3n) is 2.55. The Bertz CT molecular complexity index is 374. The van der Waals surface area contributed by atoms with Gasteiger partial charge >= 0.3 is 0 Å². The Hall–Kier alpha value is -1.05. The quantitative estimate of drug-likeness (QED) is 0.705. The first-order valence-electron chi connectivity index (χ1n) is 4.65. The van der Waals surface area contributed by atoms with Gasteiger partial charge < -0.3 is 4.98 Å². The molecular weight excluding hydrogens is 162 g/mol. The molecular formula is C11H17NO. The summed E-state index contributed by atoms with van der Waals surface area (Å²) < 4.78 is 0. The lowest BCUT2D eigenvalue weighted by atomic mass is 10.0. The first-order chi connectivity index (χ1) is 5.95. The molecule has 2 nitrogen and oxygen atoms in total. The van der Waals surface area contributed by atoms with E-state index in [1.165, 1.54) is 0 Å². The number of aryl methyl sites for hydroxylation is 1. The lowest BCUT2D eigenvalue weighted by molar-refractivity contribution is 0.797. The molecule has 0 fully saturated rings. The first-order valence-corrected chi connectivity index (χ1v) is 4.65. The van der Waals surface area contributed by atoms with Gasteiger partial charge in [0.05, 0.1) is 0 Å². The van der Waals surface area contributed by atoms with Crippen molar-refractivity contribution in [1.29, 1.82) is 0 Å². The van der Waals surface area contributed by atoms with Gasteiger partial charge in [-0.2, -0.15) is 0 Å². The summed E-state index contributed by atoms with van der Waals surface area (Å²) in [6, 6.07) is 0. The SMILES string of the molecule is Cc1[nH]c(C(C)C)c(C)c(=O)c1C. The number of pyridine rings is 1. The molecule has 1 N–H and O–H groups in total. The van der Waals surface area contributed by atoms with Gasteiger partial charge in [0.2, 0.25) is 0 Å². The van der Waals surface area contributed by atoms with Gasteiger partial charge in [-0.15, -0.1) is 0 Å². The topological polar surface area (TPSA) is 32.9 Å². The predicted octanol–water partition coefficient (Wildman–Crippen LogP) is 2.42. The van der Waals surface area contributed by atoms with Crippen LogP contribution < -0.4 is 5.43 Å². The Labute approximate surface area is 79.0 Å². The van der Waals surface area contributed by atoms with Crippen LogP contribution in [0.5, 0.6) is 0 Å². The average Bonchev–Trinajstić information content (AvgIpc) is 2.07. The van der Waals surface area contributed by atoms with Crippen LogP contribution >= 0.6 is 0 Å². The van der Waals surface area contributed by atoms with E-state index in [2.05, 4.69) is 18.8 Å². The molecule has 0 unspecified atom stereocenters. The standard InChI is InChI=1S/C11H17NO/c1-6(2)10-8(4)11(13)7(3)9(5)12-10/h6H,1-5H3,(H,12,13). The highest BCUT2D eigenvalue weighted by atomic mass is 16.1. The summed E-state index contributed by atoms with van der Waals surface area (Å²) in [6.07, 6.45) is 0. The van der Waals surface area contributed by atoms with Crippen LogP contribution in [0.2, 0.25) is 0 Å². The summed E-state index contributed by atoms with van der Waals surface area (Å²) in [5, 5.41) is 0. The van der Waals surface area contributed by atoms with Gasteiger partial charge in [0.15, 0.2) is 5.43 Å². The minimum atomic E-state index is 0.181. The molecule has 13 heavy (non-hydrogen) atoms. The summed E-state index contributed by atoms with van der Waals surface area (Å²) in [6.45, 7) is 9.88. The van der Waals surface area contributed by atoms with Gasteiger partial charge in [-0.05, 0) is 26.7 Å². The summed E-state index contributed by atoms with van der Waals surface area (Å²) >= 11 is 0. The summed E-state index contributed by atoms with van der Waals surface area (Å²) in [5.41, 5.74) is 3.92. The van der Waals surface area contributed by atoms with Crippen molar-refractivity contribution in [3.05, 3.63) is 32.7 Å². The van der Waals surface area contributed by atoms with Crippen LogP contribution in [0, 0.1) is 20.8 Å². The Morgan fingerprint density at radius 2 is 1.62 bits per heavy atom. The Balaban J connectivity index is 3.51. The van der Waals surface area contributed by atoms with E-state index in [0.29, 0.717) is 5.92 Å². The predicted molar refractivity (Wildman–Crippen MR) is 55.4 cm³/mol. The monoisotopic (exact) mass is 179 g/mol. The number of hydrogen-bond acceptors (Lipinski definition) is 1. The van der Waals surface area contributed by atoms with Crippen LogP contribution in [0.1, 0.15) is 42.3 Å². The summed E-state index contributed by atoms with van der Waals surface area (Å²) in [5.74, 6) is 0.381. The zero-order valence-corrected chi connectivity index (χ0v) is 8.99. The second-order valence-electron chi connectivity index (χ2n) is 3.90. The van der Waals surface area contributed by atoms with Crippen molar-refractivity contribution in [3.63, 3.8) is 0 Å². The highest BCUT2D eigenvalue weighted by Crippen LogP contribution is 2.15. The minimum Gasteiger partial charge on any atom is -0.362 e. The molecule has 0 radical (unpaired) electrons. The van der Waals surface area contributed by atoms with Gasteiger partial charge in [0, 0.05) is 22.5 Å². The van der Waals surface area contributed by atoms with Crippen molar-refractivity contribution in [2.24, 2.45) is 0 Å². The maximum absolute atomic E-state index is 11.7. The second kappa shape index (κ2) is 3.36. The third-order valence-corrected chi connectivity index (χ3v) is 2.55. The van der Waals surface area contributed by atoms with Crippen molar-refractivity contribution >= 4 is 0 Å². The average molecular weight is 179 g/mol. The van der Waals surface area contributed by atoms with E-state index in [1.807, 2.05) is 20.8 Å². The molecule has 1 heterocycles. The molecule has 1 aromatic rings. The molecule has 0 aliphatic heterocycles. The maximum atomic E-state index is 11.7. The van der Waals surface area contributed by atoms with E-state index in [4.69, 9.17) is 0 Å². The maximum Gasteiger partial charge on any atom is 0.187 e. The lowest BCUT2D eigenvalue weighted by Gasteiger charge is -2.12. The normalized spacial score (nSPS) is 10.9. The number of rotatable bonds is 1. The Morgan fingerprint density at radius 1 is 1.08 bits per heavy atom. The van der Waals surface area contributed by atoms with E-state index in [0.717, 1.165) is 22.5 Å². The van der Waals surface area contributed by atoms with E-state index in [-0.39, 0.29) is 5.43 Å². The van der Waals surface area contributed by atoms with Crippen molar-refractivity contribution in [3.8, 4) is 0 Å². The van der Waals surface area contributed by atoms with Gasteiger partial charge in [-0.3, -0.25) is 4.79 Å². The highest BCUT2D eigenvalue weighted by Gasteiger charge is 2.10. The number of hydrogen-bond donors (Lipinski definition) is 1. The number of nitrogens with one attached hydrogen (secondary N) is 1. The van der Waals surface area contributed by atoms with E-state index >= 15 is 0 Å². The molecule has 0 spiro atoms. The van der Waals surface area contributed by atoms with Gasteiger partial charge in [0.25, 0.3) is 0 Å². The van der Waals surface area contributed by atoms with Crippen LogP contribution in [0.4, 0.5) is 0 Å². The first kappa shape index (κ1) is 10.0. The molecule has 2 heteroatoms. The fourth-order valence-electron chi connectivity index (χ4n) is 1.54. The molecule has 72 valence electrons. The molecule has 0 saturated heterocycles. The number of H-pyrrole nitrogens is 1. The van der Waals surface area contributed by atoms with Gasteiger partial charge in [-0.25, -0.2) is 0 Å². The molecule has 0 aliphatic carbocycles. The van der Waals surface area contributed by atoms with Crippen LogP contribution in [0.15, 0.2) is 4.79 Å². The van der Waals surface area contributed by atoms with E-state index < -0.39 is 0 Å². The smallest absolute Gasteiger partial charge is 0.187 e. The van der Waals surface area contributed by atoms with E-state index in [9.17, 15) is 4.79 Å². The fourth-order valence-corrected chi connectivity index (χ4v) is 1.54. The zero-order chi connectivity index (χ0) is 10.2. The van der Waals surface area contributed by atoms with Crippen LogP contribution in [0.3, 0.4) is 0 Å². The molecule has 0 amide bonds. The van der Waals surface area contributed by atoms with Crippen LogP contribution in [-0.2, 0) is 0 Å². The fraction of sp³-hybridized carbons (Fsp3) is 0.545. The molecule has 1 aromatic heterocycles. The molecule has 0 aromatic carbocycles. The van der Waals surface area contributed by atoms with Crippen molar-refractivity contribution in [2.75, 3.05) is 0 Å². The van der Waals surface area contributed by atoms with Crippen molar-refractivity contribution in [1.82, 2.24) is 4.98 Å². The molecule has 0 bridgehead atoms. The Morgan fingerprint density at radius 3 is 2.08 bits per heavy atom. The molecule has 0 aliphatic rings. The third kappa shape index (κ3) is 1.67. The Kier molecular flexibility index (Phi) is 2.60. The molecule has 1 rings (SSSR count). The number of aromatic nitrogens is 1. The number of aromatic amines is 1. The van der Waals surface area contributed by atoms with Crippen molar-refractivity contribution < 1.29 is 0 Å². The van der Waals surface area contributed by atoms with Gasteiger partial charge in [0.1, 0.15) is 0 Å². The van der Waals surface area contributed by atoms with Gasteiger partial charge in [-0.1, -0.05) is 13.8 Å². The largest absolute Gasteiger partial charge is 0.362 e. The molecule has 0 saturated carbocycles. The zero-order valence-electron chi connectivity index (χ0n) is 8.99. The molecule has 0 atom stereocenters. The summed E-state index contributed by atoms with van der Waals surface area (Å²) in [4.78, 5) is 15.0. The van der Waals surface area contributed by atoms with Crippen LogP contribution in [-0.4, -0.2) is 4.98 Å².